The molecule has 0 radical (unpaired) electrons. The van der Waals surface area contributed by atoms with Crippen molar-refractivity contribution < 1.29 is 17.1 Å². The van der Waals surface area contributed by atoms with Gasteiger partial charge in [0.05, 0.1) is 0 Å². The van der Waals surface area contributed by atoms with Crippen LogP contribution in [0.3, 0.4) is 0 Å². The quantitative estimate of drug-likeness (QED) is 0.504. The molecule has 0 spiro atoms. The average molecular weight is 313 g/mol. The first-order valence-electron chi connectivity index (χ1n) is 6.44. The van der Waals surface area contributed by atoms with Crippen LogP contribution in [0.25, 0.3) is 0 Å². The molecule has 17 heavy (non-hydrogen) atoms. The Morgan fingerprint density at radius 3 is 2.53 bits per heavy atom. The molecule has 0 unspecified atom stereocenters. The van der Waals surface area contributed by atoms with E-state index < -0.39 is 0 Å². The topological polar surface area (TPSA) is 0 Å². The summed E-state index contributed by atoms with van der Waals surface area (Å²) < 4.78 is 3.40. The van der Waals surface area contributed by atoms with E-state index in [0.29, 0.717) is 17.1 Å². The molecule has 0 atom stereocenters. The third kappa shape index (κ3) is 5.00. The second kappa shape index (κ2) is 7.61. The summed E-state index contributed by atoms with van der Waals surface area (Å²) in [6.45, 7) is 0. The van der Waals surface area contributed by atoms with Crippen LogP contribution < -0.4 is 0 Å². The number of hydrogen-bond donors (Lipinski definition) is 0. The summed E-state index contributed by atoms with van der Waals surface area (Å²) in [4.78, 5) is 0. The van der Waals surface area contributed by atoms with Crippen molar-refractivity contribution in [2.45, 2.75) is 38.5 Å². The second-order valence-electron chi connectivity index (χ2n) is 4.26. The van der Waals surface area contributed by atoms with Crippen molar-refractivity contribution in [3.8, 4) is 0 Å². The molecule has 0 bridgehead atoms. The van der Waals surface area contributed by atoms with Crippen molar-refractivity contribution in [1.29, 1.82) is 0 Å². The summed E-state index contributed by atoms with van der Waals surface area (Å²) in [5.41, 5.74) is 0. The molecule has 0 nitrogen and oxygen atoms in total. The summed E-state index contributed by atoms with van der Waals surface area (Å²) in [6, 6.07) is 0. The van der Waals surface area contributed by atoms with Crippen molar-refractivity contribution in [2.24, 2.45) is 0 Å². The van der Waals surface area contributed by atoms with Crippen molar-refractivity contribution in [3.63, 3.8) is 0 Å². The van der Waals surface area contributed by atoms with Crippen LogP contribution in [0.15, 0.2) is 56.9 Å². The molecule has 2 aliphatic rings. The van der Waals surface area contributed by atoms with Gasteiger partial charge in [0.2, 0.25) is 0 Å². The summed E-state index contributed by atoms with van der Waals surface area (Å²) in [5, 5.41) is 0. The fraction of sp³-hybridized carbons (Fsp3) is 0.375. The Hall–Kier alpha value is -0.677. The molecule has 0 aromatic carbocycles. The van der Waals surface area contributed by atoms with Crippen LogP contribution in [0, 0.1) is 0 Å². The Balaban J connectivity index is 1.94. The molecule has 92 valence electrons. The van der Waals surface area contributed by atoms with E-state index >= 15 is 0 Å². The molecular formula is C16H20Ru. The van der Waals surface area contributed by atoms with E-state index in [1.807, 2.05) is 0 Å². The predicted molar refractivity (Wildman–Crippen MR) is 71.3 cm³/mol. The van der Waals surface area contributed by atoms with Crippen LogP contribution in [0.5, 0.6) is 0 Å². The summed E-state index contributed by atoms with van der Waals surface area (Å²) in [5.74, 6) is 0. The van der Waals surface area contributed by atoms with Gasteiger partial charge in [0.25, 0.3) is 0 Å². The van der Waals surface area contributed by atoms with Gasteiger partial charge >= 0.3 is 113 Å². The first-order valence-corrected chi connectivity index (χ1v) is 8.18. The molecule has 0 fully saturated rings. The van der Waals surface area contributed by atoms with Crippen molar-refractivity contribution in [2.75, 3.05) is 0 Å². The number of allylic oxidation sites excluding steroid dienone is 10. The van der Waals surface area contributed by atoms with E-state index in [1.165, 1.54) is 38.5 Å². The van der Waals surface area contributed by atoms with E-state index in [2.05, 4.69) is 48.6 Å². The van der Waals surface area contributed by atoms with E-state index in [-0.39, 0.29) is 0 Å². The van der Waals surface area contributed by atoms with Crippen LogP contribution in [0.1, 0.15) is 38.5 Å². The molecular weight excluding hydrogens is 293 g/mol. The van der Waals surface area contributed by atoms with Gasteiger partial charge in [-0.2, -0.15) is 0 Å². The normalized spacial score (nSPS) is 21.2. The zero-order valence-electron chi connectivity index (χ0n) is 10.2. The van der Waals surface area contributed by atoms with Gasteiger partial charge in [-0.25, -0.2) is 0 Å². The Kier molecular flexibility index (Phi) is 5.72. The van der Waals surface area contributed by atoms with Gasteiger partial charge in [-0.1, -0.05) is 0 Å². The third-order valence-corrected chi connectivity index (χ3v) is 5.44. The molecule has 0 aliphatic heterocycles. The number of rotatable bonds is 2. The maximum atomic E-state index is 2.50. The first kappa shape index (κ1) is 12.8. The Labute approximate surface area is 112 Å². The molecule has 0 aromatic rings. The van der Waals surface area contributed by atoms with E-state index in [0.717, 1.165) is 0 Å². The van der Waals surface area contributed by atoms with Crippen LogP contribution in [0.4, 0.5) is 0 Å². The number of hydrogen-bond acceptors (Lipinski definition) is 0. The zero-order chi connectivity index (χ0) is 11.8. The second-order valence-corrected chi connectivity index (χ2v) is 6.93. The standard InChI is InChI=1S/C8H11.C8H9.Ru/c2*1-2-4-6-8-7-5-3-1;/h1-2,7H,3-6H2;1-5H,6,8H2;. The van der Waals surface area contributed by atoms with Gasteiger partial charge in [0.15, 0.2) is 0 Å². The minimum absolute atomic E-state index is 0.319. The monoisotopic (exact) mass is 314 g/mol. The Morgan fingerprint density at radius 1 is 0.706 bits per heavy atom. The predicted octanol–water partition coefficient (Wildman–Crippen LogP) is 4.87. The first-order chi connectivity index (χ1) is 8.45. The van der Waals surface area contributed by atoms with Gasteiger partial charge in [-0.05, 0) is 0 Å². The zero-order valence-corrected chi connectivity index (χ0v) is 12.0. The van der Waals surface area contributed by atoms with Crippen LogP contribution in [-0.2, 0) is 17.1 Å². The molecule has 0 saturated carbocycles. The summed E-state index contributed by atoms with van der Waals surface area (Å²) in [6.07, 6.45) is 25.8. The van der Waals surface area contributed by atoms with Gasteiger partial charge in [-0.3, -0.25) is 0 Å². The minimum atomic E-state index is 0.319. The molecule has 0 heterocycles. The molecule has 0 saturated heterocycles. The average Bonchev–Trinajstić information content (AvgIpc) is 2.24. The van der Waals surface area contributed by atoms with Crippen molar-refractivity contribution in [3.05, 3.63) is 56.9 Å². The van der Waals surface area contributed by atoms with Gasteiger partial charge in [0.1, 0.15) is 0 Å². The van der Waals surface area contributed by atoms with E-state index in [1.54, 1.807) is 8.33 Å². The molecule has 0 aromatic heterocycles. The fourth-order valence-corrected chi connectivity index (χ4v) is 4.28. The van der Waals surface area contributed by atoms with E-state index in [9.17, 15) is 0 Å². The fourth-order valence-electron chi connectivity index (χ4n) is 1.89. The van der Waals surface area contributed by atoms with E-state index in [4.69, 9.17) is 0 Å². The third-order valence-electron chi connectivity index (χ3n) is 2.81. The summed E-state index contributed by atoms with van der Waals surface area (Å²) >= 11 is 0.319. The van der Waals surface area contributed by atoms with Crippen LogP contribution >= 0.6 is 0 Å². The van der Waals surface area contributed by atoms with Crippen LogP contribution in [-0.4, -0.2) is 0 Å². The molecule has 2 aliphatic carbocycles. The molecule has 1 heteroatoms. The van der Waals surface area contributed by atoms with Gasteiger partial charge in [-0.15, -0.1) is 0 Å². The van der Waals surface area contributed by atoms with Gasteiger partial charge < -0.3 is 0 Å². The summed E-state index contributed by atoms with van der Waals surface area (Å²) in [7, 11) is 0. The molecule has 0 N–H and O–H groups in total. The molecule has 2 rings (SSSR count). The van der Waals surface area contributed by atoms with Crippen molar-refractivity contribution in [1.82, 2.24) is 0 Å². The maximum absolute atomic E-state index is 2.50. The molecule has 0 amide bonds. The van der Waals surface area contributed by atoms with Crippen molar-refractivity contribution >= 4 is 0 Å². The van der Waals surface area contributed by atoms with Crippen LogP contribution in [0.2, 0.25) is 0 Å². The Bertz CT molecular complexity index is 380. The van der Waals surface area contributed by atoms with Gasteiger partial charge in [0, 0.05) is 0 Å². The Morgan fingerprint density at radius 2 is 1.53 bits per heavy atom. The SMILES string of the molecule is C1=CC=[C]([Ru][C]2=CCCC=CCC2)CCC=C1.